The molecule has 3 N–H and O–H groups in total. The summed E-state index contributed by atoms with van der Waals surface area (Å²) in [6.07, 6.45) is 1.57. The van der Waals surface area contributed by atoms with Crippen LogP contribution < -0.4 is 5.73 Å². The van der Waals surface area contributed by atoms with E-state index in [1.54, 1.807) is 17.9 Å². The third-order valence-corrected chi connectivity index (χ3v) is 2.92. The SMILES string of the molecule is Cc1ccc(CC(O)c2cnn(C)c2N)cc1. The number of aromatic nitrogens is 2. The first kappa shape index (κ1) is 11.7. The zero-order valence-electron chi connectivity index (χ0n) is 10.1. The summed E-state index contributed by atoms with van der Waals surface area (Å²) in [5, 5.41) is 14.1. The van der Waals surface area contributed by atoms with Crippen molar-refractivity contribution >= 4 is 5.82 Å². The van der Waals surface area contributed by atoms with Crippen LogP contribution in [0.15, 0.2) is 30.5 Å². The minimum Gasteiger partial charge on any atom is -0.388 e. The minimum atomic E-state index is -0.605. The number of nitrogens with zero attached hydrogens (tertiary/aromatic N) is 2. The summed E-state index contributed by atoms with van der Waals surface area (Å²) < 4.78 is 1.56. The summed E-state index contributed by atoms with van der Waals surface area (Å²) in [5.41, 5.74) is 8.81. The molecule has 17 heavy (non-hydrogen) atoms. The molecular weight excluding hydrogens is 214 g/mol. The fourth-order valence-corrected chi connectivity index (χ4v) is 1.78. The minimum absolute atomic E-state index is 0.518. The van der Waals surface area contributed by atoms with Crippen molar-refractivity contribution in [2.75, 3.05) is 5.73 Å². The molecule has 1 atom stereocenters. The molecule has 0 spiro atoms. The summed E-state index contributed by atoms with van der Waals surface area (Å²) in [6, 6.07) is 8.11. The molecule has 0 saturated carbocycles. The summed E-state index contributed by atoms with van der Waals surface area (Å²) >= 11 is 0. The fraction of sp³-hybridized carbons (Fsp3) is 0.308. The van der Waals surface area contributed by atoms with Gasteiger partial charge in [-0.3, -0.25) is 4.68 Å². The van der Waals surface area contributed by atoms with E-state index in [9.17, 15) is 5.11 Å². The van der Waals surface area contributed by atoms with Crippen LogP contribution in [-0.2, 0) is 13.5 Å². The predicted octanol–water partition coefficient (Wildman–Crippen LogP) is 1.59. The summed E-state index contributed by atoms with van der Waals surface area (Å²) in [7, 11) is 1.76. The van der Waals surface area contributed by atoms with Gasteiger partial charge in [0.2, 0.25) is 0 Å². The first-order chi connectivity index (χ1) is 8.08. The van der Waals surface area contributed by atoms with Crippen LogP contribution in [0.3, 0.4) is 0 Å². The van der Waals surface area contributed by atoms with Gasteiger partial charge in [0.15, 0.2) is 0 Å². The number of aliphatic hydroxyl groups is 1. The zero-order chi connectivity index (χ0) is 12.4. The first-order valence-corrected chi connectivity index (χ1v) is 5.59. The van der Waals surface area contributed by atoms with Gasteiger partial charge in [0.25, 0.3) is 0 Å². The molecule has 1 heterocycles. The average molecular weight is 231 g/mol. The molecule has 4 heteroatoms. The van der Waals surface area contributed by atoms with Gasteiger partial charge >= 0.3 is 0 Å². The second kappa shape index (κ2) is 4.59. The zero-order valence-corrected chi connectivity index (χ0v) is 10.1. The van der Waals surface area contributed by atoms with Crippen LogP contribution in [0.25, 0.3) is 0 Å². The Bertz CT molecular complexity index is 502. The van der Waals surface area contributed by atoms with Crippen LogP contribution in [0.5, 0.6) is 0 Å². The number of nitrogens with two attached hydrogens (primary N) is 1. The Balaban J connectivity index is 2.14. The molecule has 0 fully saturated rings. The van der Waals surface area contributed by atoms with Gasteiger partial charge in [0.05, 0.1) is 12.3 Å². The number of benzene rings is 1. The van der Waals surface area contributed by atoms with Gasteiger partial charge in [-0.25, -0.2) is 0 Å². The summed E-state index contributed by atoms with van der Waals surface area (Å²) in [5.74, 6) is 0.518. The van der Waals surface area contributed by atoms with Crippen molar-refractivity contribution < 1.29 is 5.11 Å². The highest BCUT2D eigenvalue weighted by molar-refractivity contribution is 5.40. The van der Waals surface area contributed by atoms with Crippen LogP contribution in [0.2, 0.25) is 0 Å². The largest absolute Gasteiger partial charge is 0.388 e. The van der Waals surface area contributed by atoms with E-state index in [0.717, 1.165) is 5.56 Å². The van der Waals surface area contributed by atoms with Crippen molar-refractivity contribution in [3.05, 3.63) is 47.2 Å². The van der Waals surface area contributed by atoms with Gasteiger partial charge in [0, 0.05) is 19.0 Å². The molecule has 0 saturated heterocycles. The third-order valence-electron chi connectivity index (χ3n) is 2.92. The van der Waals surface area contributed by atoms with Crippen molar-refractivity contribution in [2.24, 2.45) is 7.05 Å². The monoisotopic (exact) mass is 231 g/mol. The molecule has 0 aliphatic carbocycles. The molecule has 4 nitrogen and oxygen atoms in total. The Kier molecular flexibility index (Phi) is 3.15. The number of hydrogen-bond acceptors (Lipinski definition) is 3. The van der Waals surface area contributed by atoms with Crippen LogP contribution in [0.1, 0.15) is 22.8 Å². The lowest BCUT2D eigenvalue weighted by atomic mass is 10.0. The molecule has 0 amide bonds. The summed E-state index contributed by atoms with van der Waals surface area (Å²) in [6.45, 7) is 2.04. The van der Waals surface area contributed by atoms with E-state index in [4.69, 9.17) is 5.73 Å². The normalized spacial score (nSPS) is 12.6. The van der Waals surface area contributed by atoms with E-state index in [1.165, 1.54) is 5.56 Å². The predicted molar refractivity (Wildman–Crippen MR) is 67.5 cm³/mol. The first-order valence-electron chi connectivity index (χ1n) is 5.59. The molecule has 0 aliphatic heterocycles. The molecule has 1 aromatic carbocycles. The standard InChI is InChI=1S/C13H17N3O/c1-9-3-5-10(6-4-9)7-12(17)11-8-15-16(2)13(11)14/h3-6,8,12,17H,7,14H2,1-2H3. The van der Waals surface area contributed by atoms with E-state index >= 15 is 0 Å². The number of aryl methyl sites for hydroxylation is 2. The van der Waals surface area contributed by atoms with Crippen molar-refractivity contribution in [2.45, 2.75) is 19.4 Å². The van der Waals surface area contributed by atoms with Crippen LogP contribution in [0.4, 0.5) is 5.82 Å². The number of nitrogen functional groups attached to an aromatic ring is 1. The van der Waals surface area contributed by atoms with Gasteiger partial charge in [-0.15, -0.1) is 0 Å². The van der Waals surface area contributed by atoms with E-state index < -0.39 is 6.10 Å². The van der Waals surface area contributed by atoms with Crippen molar-refractivity contribution in [3.63, 3.8) is 0 Å². The van der Waals surface area contributed by atoms with Gasteiger partial charge in [-0.1, -0.05) is 29.8 Å². The molecule has 0 radical (unpaired) electrons. The lowest BCUT2D eigenvalue weighted by Crippen LogP contribution is -2.06. The highest BCUT2D eigenvalue weighted by Gasteiger charge is 2.14. The molecule has 1 aromatic heterocycles. The second-order valence-corrected chi connectivity index (χ2v) is 4.31. The van der Waals surface area contributed by atoms with Gasteiger partial charge in [0.1, 0.15) is 5.82 Å². The van der Waals surface area contributed by atoms with Crippen LogP contribution >= 0.6 is 0 Å². The van der Waals surface area contributed by atoms with E-state index in [-0.39, 0.29) is 0 Å². The average Bonchev–Trinajstić information content (AvgIpc) is 2.63. The highest BCUT2D eigenvalue weighted by atomic mass is 16.3. The Labute approximate surface area is 101 Å². The Morgan fingerprint density at radius 3 is 2.53 bits per heavy atom. The molecule has 2 aromatic rings. The number of rotatable bonds is 3. The Morgan fingerprint density at radius 2 is 2.00 bits per heavy atom. The Morgan fingerprint density at radius 1 is 1.35 bits per heavy atom. The van der Waals surface area contributed by atoms with Gasteiger partial charge in [-0.05, 0) is 12.5 Å². The maximum absolute atomic E-state index is 10.1. The van der Waals surface area contributed by atoms with Crippen LogP contribution in [-0.4, -0.2) is 14.9 Å². The smallest absolute Gasteiger partial charge is 0.127 e. The molecular formula is C13H17N3O. The van der Waals surface area contributed by atoms with Crippen molar-refractivity contribution in [3.8, 4) is 0 Å². The quantitative estimate of drug-likeness (QED) is 0.843. The molecule has 0 bridgehead atoms. The maximum Gasteiger partial charge on any atom is 0.127 e. The molecule has 0 aliphatic rings. The molecule has 90 valence electrons. The van der Waals surface area contributed by atoms with Gasteiger partial charge in [-0.2, -0.15) is 5.10 Å². The number of aliphatic hydroxyl groups excluding tert-OH is 1. The lowest BCUT2D eigenvalue weighted by molar-refractivity contribution is 0.179. The topological polar surface area (TPSA) is 64.1 Å². The van der Waals surface area contributed by atoms with Gasteiger partial charge < -0.3 is 10.8 Å². The summed E-state index contributed by atoms with van der Waals surface area (Å²) in [4.78, 5) is 0. The number of hydrogen-bond donors (Lipinski definition) is 2. The van der Waals surface area contributed by atoms with E-state index in [2.05, 4.69) is 5.10 Å². The van der Waals surface area contributed by atoms with Crippen LogP contribution in [0, 0.1) is 6.92 Å². The molecule has 2 rings (SSSR count). The number of anilines is 1. The fourth-order valence-electron chi connectivity index (χ4n) is 1.78. The maximum atomic E-state index is 10.1. The molecule has 1 unspecified atom stereocenters. The Hall–Kier alpha value is -1.81. The third kappa shape index (κ3) is 2.47. The highest BCUT2D eigenvalue weighted by Crippen LogP contribution is 2.23. The lowest BCUT2D eigenvalue weighted by Gasteiger charge is -2.10. The second-order valence-electron chi connectivity index (χ2n) is 4.31. The van der Waals surface area contributed by atoms with Crippen molar-refractivity contribution in [1.82, 2.24) is 9.78 Å². The van der Waals surface area contributed by atoms with E-state index in [1.807, 2.05) is 31.2 Å². The van der Waals surface area contributed by atoms with E-state index in [0.29, 0.717) is 17.8 Å². The van der Waals surface area contributed by atoms with Crippen molar-refractivity contribution in [1.29, 1.82) is 0 Å².